The second-order valence-corrected chi connectivity index (χ2v) is 5.55. The summed E-state index contributed by atoms with van der Waals surface area (Å²) in [7, 11) is -1.94. The number of hydrogen-bond acceptors (Lipinski definition) is 2. The Labute approximate surface area is 95.4 Å². The Hall–Kier alpha value is -1.53. The molecule has 0 heterocycles. The first-order valence-corrected chi connectivity index (χ1v) is 6.48. The van der Waals surface area contributed by atoms with Crippen LogP contribution in [0.4, 0.5) is 0 Å². The number of rotatable bonds is 2. The molecule has 3 heteroatoms. The summed E-state index contributed by atoms with van der Waals surface area (Å²) < 4.78 is 12.2. The maximum absolute atomic E-state index is 12.2. The number of aryl methyl sites for hydroxylation is 1. The van der Waals surface area contributed by atoms with E-state index in [-0.39, 0.29) is 5.75 Å². The van der Waals surface area contributed by atoms with Gasteiger partial charge in [-0.3, -0.25) is 0 Å². The molecule has 2 rings (SSSR count). The zero-order valence-electron chi connectivity index (χ0n) is 8.97. The van der Waals surface area contributed by atoms with Gasteiger partial charge in [-0.05, 0) is 31.2 Å². The van der Waals surface area contributed by atoms with E-state index in [1.165, 1.54) is 0 Å². The molecule has 0 bridgehead atoms. The molecule has 0 spiro atoms. The van der Waals surface area contributed by atoms with Crippen LogP contribution < -0.4 is 10.6 Å². The second-order valence-electron chi connectivity index (χ2n) is 3.74. The maximum atomic E-state index is 12.2. The SMILES string of the molecule is Cc1ccc([PH](=O)c2ccc(O)cc2)cc1. The Balaban J connectivity index is 2.32. The molecule has 1 unspecified atom stereocenters. The van der Waals surface area contributed by atoms with Crippen molar-refractivity contribution in [1.29, 1.82) is 0 Å². The summed E-state index contributed by atoms with van der Waals surface area (Å²) in [5.74, 6) is 0.197. The first kappa shape index (κ1) is 11.0. The van der Waals surface area contributed by atoms with Gasteiger partial charge in [0.1, 0.15) is 13.6 Å². The number of benzene rings is 2. The van der Waals surface area contributed by atoms with Gasteiger partial charge >= 0.3 is 0 Å². The largest absolute Gasteiger partial charge is 0.508 e. The molecule has 0 saturated carbocycles. The number of phenolic OH excluding ortho intramolecular Hbond substituents is 1. The van der Waals surface area contributed by atoms with Gasteiger partial charge in [0, 0.05) is 10.6 Å². The molecule has 0 radical (unpaired) electrons. The van der Waals surface area contributed by atoms with E-state index in [9.17, 15) is 4.57 Å². The Morgan fingerprint density at radius 3 is 1.81 bits per heavy atom. The zero-order chi connectivity index (χ0) is 11.5. The smallest absolute Gasteiger partial charge is 0.131 e. The minimum Gasteiger partial charge on any atom is -0.508 e. The fraction of sp³-hybridized carbons (Fsp3) is 0.0769. The zero-order valence-corrected chi connectivity index (χ0v) is 9.97. The fourth-order valence-corrected chi connectivity index (χ4v) is 2.76. The monoisotopic (exact) mass is 232 g/mol. The highest BCUT2D eigenvalue weighted by Crippen LogP contribution is 2.20. The van der Waals surface area contributed by atoms with Crippen LogP contribution in [0.3, 0.4) is 0 Å². The molecule has 2 nitrogen and oxygen atoms in total. The third-order valence-electron chi connectivity index (χ3n) is 2.44. The first-order chi connectivity index (χ1) is 7.66. The van der Waals surface area contributed by atoms with Crippen LogP contribution >= 0.6 is 7.80 Å². The van der Waals surface area contributed by atoms with Crippen molar-refractivity contribution in [3.05, 3.63) is 54.1 Å². The summed E-state index contributed by atoms with van der Waals surface area (Å²) in [4.78, 5) is 0. The van der Waals surface area contributed by atoms with Crippen molar-refractivity contribution in [2.75, 3.05) is 0 Å². The van der Waals surface area contributed by atoms with E-state index in [0.29, 0.717) is 0 Å². The summed E-state index contributed by atoms with van der Waals surface area (Å²) in [6.07, 6.45) is 0. The molecule has 1 atom stereocenters. The molecule has 0 aliphatic rings. The lowest BCUT2D eigenvalue weighted by molar-refractivity contribution is 0.475. The van der Waals surface area contributed by atoms with E-state index in [1.54, 1.807) is 24.3 Å². The van der Waals surface area contributed by atoms with Crippen molar-refractivity contribution in [2.45, 2.75) is 6.92 Å². The Bertz CT molecular complexity index is 453. The van der Waals surface area contributed by atoms with E-state index >= 15 is 0 Å². The highest BCUT2D eigenvalue weighted by molar-refractivity contribution is 7.61. The molecule has 0 aliphatic heterocycles. The van der Waals surface area contributed by atoms with Gasteiger partial charge in [-0.1, -0.05) is 29.8 Å². The van der Waals surface area contributed by atoms with Crippen LogP contribution in [0.15, 0.2) is 48.5 Å². The summed E-state index contributed by atoms with van der Waals surface area (Å²) in [6.45, 7) is 2.00. The molecule has 82 valence electrons. The van der Waals surface area contributed by atoms with E-state index in [0.717, 1.165) is 16.2 Å². The maximum Gasteiger partial charge on any atom is 0.131 e. The number of hydrogen-bond donors (Lipinski definition) is 1. The third-order valence-corrected chi connectivity index (χ3v) is 4.16. The van der Waals surface area contributed by atoms with Crippen molar-refractivity contribution >= 4 is 18.4 Å². The molecule has 0 amide bonds. The minimum atomic E-state index is -1.94. The quantitative estimate of drug-likeness (QED) is 0.806. The molecule has 0 aliphatic carbocycles. The Morgan fingerprint density at radius 2 is 1.31 bits per heavy atom. The van der Waals surface area contributed by atoms with Gasteiger partial charge in [-0.15, -0.1) is 0 Å². The predicted molar refractivity (Wildman–Crippen MR) is 67.6 cm³/mol. The van der Waals surface area contributed by atoms with Crippen molar-refractivity contribution < 1.29 is 9.67 Å². The highest BCUT2D eigenvalue weighted by Gasteiger charge is 2.05. The molecule has 2 aromatic carbocycles. The van der Waals surface area contributed by atoms with Gasteiger partial charge in [0.25, 0.3) is 0 Å². The van der Waals surface area contributed by atoms with Gasteiger partial charge in [0.2, 0.25) is 0 Å². The van der Waals surface area contributed by atoms with E-state index < -0.39 is 7.80 Å². The topological polar surface area (TPSA) is 37.3 Å². The van der Waals surface area contributed by atoms with Crippen molar-refractivity contribution in [1.82, 2.24) is 0 Å². The van der Waals surface area contributed by atoms with Gasteiger partial charge < -0.3 is 9.67 Å². The highest BCUT2D eigenvalue weighted by atomic mass is 31.1. The van der Waals surface area contributed by atoms with E-state index in [2.05, 4.69) is 0 Å². The third kappa shape index (κ3) is 2.34. The second kappa shape index (κ2) is 4.54. The van der Waals surface area contributed by atoms with Crippen LogP contribution in [0.25, 0.3) is 0 Å². The van der Waals surface area contributed by atoms with Crippen LogP contribution in [-0.4, -0.2) is 5.11 Å². The lowest BCUT2D eigenvalue weighted by Crippen LogP contribution is -2.05. The lowest BCUT2D eigenvalue weighted by atomic mass is 10.2. The van der Waals surface area contributed by atoms with Gasteiger partial charge in [-0.25, -0.2) is 0 Å². The molecule has 0 saturated heterocycles. The summed E-state index contributed by atoms with van der Waals surface area (Å²) in [6, 6.07) is 14.2. The Kier molecular flexibility index (Phi) is 3.12. The molecular formula is C13H13O2P. The summed E-state index contributed by atoms with van der Waals surface area (Å²) in [5.41, 5.74) is 1.16. The Morgan fingerprint density at radius 1 is 0.875 bits per heavy atom. The first-order valence-electron chi connectivity index (χ1n) is 5.07. The lowest BCUT2D eigenvalue weighted by Gasteiger charge is -2.03. The number of phenols is 1. The van der Waals surface area contributed by atoms with E-state index in [1.807, 2.05) is 31.2 Å². The van der Waals surface area contributed by atoms with Gasteiger partial charge in [0.15, 0.2) is 0 Å². The van der Waals surface area contributed by atoms with Gasteiger partial charge in [0.05, 0.1) is 0 Å². The van der Waals surface area contributed by atoms with Crippen LogP contribution in [0.2, 0.25) is 0 Å². The van der Waals surface area contributed by atoms with Crippen LogP contribution in [0.1, 0.15) is 5.56 Å². The molecule has 0 aromatic heterocycles. The summed E-state index contributed by atoms with van der Waals surface area (Å²) in [5, 5.41) is 10.8. The van der Waals surface area contributed by atoms with Crippen molar-refractivity contribution in [2.24, 2.45) is 0 Å². The van der Waals surface area contributed by atoms with Crippen LogP contribution in [0.5, 0.6) is 5.75 Å². The summed E-state index contributed by atoms with van der Waals surface area (Å²) >= 11 is 0. The molecule has 1 N–H and O–H groups in total. The minimum absolute atomic E-state index is 0.197. The molecule has 2 aromatic rings. The van der Waals surface area contributed by atoms with Crippen molar-refractivity contribution in [3.8, 4) is 5.75 Å². The van der Waals surface area contributed by atoms with Crippen LogP contribution in [-0.2, 0) is 4.57 Å². The standard InChI is InChI=1S/C13H13O2P/c1-10-2-6-12(7-3-10)16(15)13-8-4-11(14)5-9-13/h2-9,14,16H,1H3. The number of aromatic hydroxyl groups is 1. The molecule has 16 heavy (non-hydrogen) atoms. The van der Waals surface area contributed by atoms with Crippen LogP contribution in [0, 0.1) is 6.92 Å². The fourth-order valence-electron chi connectivity index (χ4n) is 1.48. The normalized spacial score (nSPS) is 12.3. The molecule has 0 fully saturated rings. The van der Waals surface area contributed by atoms with Gasteiger partial charge in [-0.2, -0.15) is 0 Å². The molecular weight excluding hydrogens is 219 g/mol. The average molecular weight is 232 g/mol. The average Bonchev–Trinajstić information content (AvgIpc) is 2.30. The van der Waals surface area contributed by atoms with E-state index in [4.69, 9.17) is 5.11 Å². The predicted octanol–water partition coefficient (Wildman–Crippen LogP) is 2.21. The van der Waals surface area contributed by atoms with Crippen molar-refractivity contribution in [3.63, 3.8) is 0 Å².